The van der Waals surface area contributed by atoms with Crippen molar-refractivity contribution in [3.8, 4) is 0 Å². The van der Waals surface area contributed by atoms with Crippen molar-refractivity contribution in [3.63, 3.8) is 0 Å². The van der Waals surface area contributed by atoms with Gasteiger partial charge < -0.3 is 10.2 Å². The second kappa shape index (κ2) is 7.24. The summed E-state index contributed by atoms with van der Waals surface area (Å²) in [6.07, 6.45) is 4.81. The molecule has 0 spiro atoms. The van der Waals surface area contributed by atoms with Crippen molar-refractivity contribution in [2.75, 3.05) is 23.3 Å². The molecule has 2 aliphatic heterocycles. The number of hydrogen-bond acceptors (Lipinski definition) is 6. The van der Waals surface area contributed by atoms with E-state index < -0.39 is 10.0 Å². The molecule has 2 aromatic rings. The summed E-state index contributed by atoms with van der Waals surface area (Å²) in [5.74, 6) is 0.600. The van der Waals surface area contributed by atoms with Crippen LogP contribution >= 0.6 is 0 Å². The molecule has 0 aliphatic carbocycles. The van der Waals surface area contributed by atoms with Crippen molar-refractivity contribution in [2.24, 2.45) is 0 Å². The van der Waals surface area contributed by atoms with Crippen LogP contribution in [-0.4, -0.2) is 37.4 Å². The number of rotatable bonds is 5. The van der Waals surface area contributed by atoms with E-state index in [0.29, 0.717) is 30.2 Å². The van der Waals surface area contributed by atoms with Gasteiger partial charge in [0.25, 0.3) is 0 Å². The lowest BCUT2D eigenvalue weighted by molar-refractivity contribution is -0.116. The number of nitrogens with one attached hydrogen (secondary N) is 2. The third kappa shape index (κ3) is 3.93. The first-order valence-electron chi connectivity index (χ1n) is 9.01. The second-order valence-electron chi connectivity index (χ2n) is 6.73. The third-order valence-electron chi connectivity index (χ3n) is 4.82. The number of benzene rings is 1. The number of aryl methyl sites for hydroxylation is 1. The van der Waals surface area contributed by atoms with Gasteiger partial charge in [0.2, 0.25) is 21.9 Å². The molecule has 8 nitrogen and oxygen atoms in total. The molecule has 3 heterocycles. The molecule has 1 fully saturated rings. The zero-order chi connectivity index (χ0) is 18.9. The van der Waals surface area contributed by atoms with Crippen LogP contribution in [0.25, 0.3) is 0 Å². The lowest BCUT2D eigenvalue weighted by Crippen LogP contribution is -2.26. The van der Waals surface area contributed by atoms with Crippen molar-refractivity contribution >= 4 is 27.6 Å². The Balaban J connectivity index is 1.47. The van der Waals surface area contributed by atoms with Gasteiger partial charge in [-0.15, -0.1) is 0 Å². The number of nitrogens with zero attached hydrogens (tertiary/aromatic N) is 3. The van der Waals surface area contributed by atoms with E-state index in [-0.39, 0.29) is 17.3 Å². The molecule has 1 aromatic carbocycles. The van der Waals surface area contributed by atoms with Crippen LogP contribution in [0.5, 0.6) is 0 Å². The summed E-state index contributed by atoms with van der Waals surface area (Å²) in [4.78, 5) is 22.5. The SMILES string of the molecule is O=C1CCc2cc(S(=O)(=O)NCc3ccnc(N4CCCC4)n3)ccc2N1. The Morgan fingerprint density at radius 1 is 1.15 bits per heavy atom. The minimum absolute atomic E-state index is 0.0474. The van der Waals surface area contributed by atoms with Gasteiger partial charge in [-0.05, 0) is 49.1 Å². The standard InChI is InChI=1S/C18H21N5O3S/c24-17-6-3-13-11-15(4-5-16(13)22-17)27(25,26)20-12-14-7-8-19-18(21-14)23-9-1-2-10-23/h4-5,7-8,11,20H,1-3,6,9-10,12H2,(H,22,24). The van der Waals surface area contributed by atoms with E-state index in [4.69, 9.17) is 0 Å². The fourth-order valence-electron chi connectivity index (χ4n) is 3.33. The Labute approximate surface area is 158 Å². The Kier molecular flexibility index (Phi) is 4.79. The molecule has 1 saturated heterocycles. The minimum Gasteiger partial charge on any atom is -0.341 e. The van der Waals surface area contributed by atoms with E-state index >= 15 is 0 Å². The summed E-state index contributed by atoms with van der Waals surface area (Å²) in [7, 11) is -3.67. The van der Waals surface area contributed by atoms with Crippen LogP contribution in [0.4, 0.5) is 11.6 Å². The van der Waals surface area contributed by atoms with Crippen molar-refractivity contribution in [3.05, 3.63) is 41.7 Å². The first-order chi connectivity index (χ1) is 13.0. The maximum atomic E-state index is 12.6. The first kappa shape index (κ1) is 17.9. The van der Waals surface area contributed by atoms with E-state index in [9.17, 15) is 13.2 Å². The fourth-order valence-corrected chi connectivity index (χ4v) is 4.38. The summed E-state index contributed by atoms with van der Waals surface area (Å²) >= 11 is 0. The van der Waals surface area contributed by atoms with Crippen LogP contribution in [0, 0.1) is 0 Å². The lowest BCUT2D eigenvalue weighted by Gasteiger charge is -2.18. The highest BCUT2D eigenvalue weighted by molar-refractivity contribution is 7.89. The smallest absolute Gasteiger partial charge is 0.240 e. The van der Waals surface area contributed by atoms with Crippen molar-refractivity contribution < 1.29 is 13.2 Å². The summed E-state index contributed by atoms with van der Waals surface area (Å²) < 4.78 is 27.9. The van der Waals surface area contributed by atoms with Crippen molar-refractivity contribution in [2.45, 2.75) is 37.1 Å². The molecule has 1 amide bonds. The minimum atomic E-state index is -3.67. The molecule has 0 radical (unpaired) electrons. The maximum absolute atomic E-state index is 12.6. The van der Waals surface area contributed by atoms with E-state index in [1.807, 2.05) is 0 Å². The lowest BCUT2D eigenvalue weighted by atomic mass is 10.0. The molecular formula is C18H21N5O3S. The zero-order valence-electron chi connectivity index (χ0n) is 14.8. The molecule has 2 N–H and O–H groups in total. The molecule has 1 aromatic heterocycles. The van der Waals surface area contributed by atoms with Gasteiger partial charge in [0, 0.05) is 31.4 Å². The number of hydrogen-bond donors (Lipinski definition) is 2. The van der Waals surface area contributed by atoms with Gasteiger partial charge in [-0.2, -0.15) is 0 Å². The molecule has 0 bridgehead atoms. The Morgan fingerprint density at radius 3 is 2.78 bits per heavy atom. The summed E-state index contributed by atoms with van der Waals surface area (Å²) in [5, 5.41) is 2.75. The topological polar surface area (TPSA) is 104 Å². The average molecular weight is 387 g/mol. The molecule has 0 unspecified atom stereocenters. The number of sulfonamides is 1. The van der Waals surface area contributed by atoms with Crippen LogP contribution in [-0.2, 0) is 27.8 Å². The fraction of sp³-hybridized carbons (Fsp3) is 0.389. The van der Waals surface area contributed by atoms with E-state index in [0.717, 1.165) is 31.5 Å². The molecular weight excluding hydrogens is 366 g/mol. The Bertz CT molecular complexity index is 971. The van der Waals surface area contributed by atoms with E-state index in [2.05, 4.69) is 24.9 Å². The van der Waals surface area contributed by atoms with Gasteiger partial charge in [-0.3, -0.25) is 4.79 Å². The molecule has 27 heavy (non-hydrogen) atoms. The number of aromatic nitrogens is 2. The highest BCUT2D eigenvalue weighted by atomic mass is 32.2. The normalized spacial score (nSPS) is 16.9. The Hall–Kier alpha value is -2.52. The molecule has 0 saturated carbocycles. The zero-order valence-corrected chi connectivity index (χ0v) is 15.6. The molecule has 9 heteroatoms. The van der Waals surface area contributed by atoms with E-state index in [1.54, 1.807) is 24.4 Å². The Morgan fingerprint density at radius 2 is 1.96 bits per heavy atom. The van der Waals surface area contributed by atoms with Crippen molar-refractivity contribution in [1.82, 2.24) is 14.7 Å². The van der Waals surface area contributed by atoms with Crippen molar-refractivity contribution in [1.29, 1.82) is 0 Å². The molecule has 0 atom stereocenters. The highest BCUT2D eigenvalue weighted by Crippen LogP contribution is 2.25. The predicted octanol–water partition coefficient (Wildman–Crippen LogP) is 1.44. The van der Waals surface area contributed by atoms with Crippen LogP contribution in [0.1, 0.15) is 30.5 Å². The highest BCUT2D eigenvalue weighted by Gasteiger charge is 2.20. The number of carbonyl (C=O) groups is 1. The predicted molar refractivity (Wildman–Crippen MR) is 101 cm³/mol. The number of carbonyl (C=O) groups excluding carboxylic acids is 1. The van der Waals surface area contributed by atoms with Gasteiger partial charge in [-0.25, -0.2) is 23.1 Å². The van der Waals surface area contributed by atoms with Gasteiger partial charge in [0.1, 0.15) is 0 Å². The number of anilines is 2. The monoisotopic (exact) mass is 387 g/mol. The summed E-state index contributed by atoms with van der Waals surface area (Å²) in [6, 6.07) is 6.47. The summed E-state index contributed by atoms with van der Waals surface area (Å²) in [5.41, 5.74) is 2.13. The second-order valence-corrected chi connectivity index (χ2v) is 8.50. The van der Waals surface area contributed by atoms with Crippen LogP contribution in [0.2, 0.25) is 0 Å². The molecule has 2 aliphatic rings. The van der Waals surface area contributed by atoms with E-state index in [1.165, 1.54) is 6.07 Å². The summed E-state index contributed by atoms with van der Waals surface area (Å²) in [6.45, 7) is 1.96. The molecule has 142 valence electrons. The third-order valence-corrected chi connectivity index (χ3v) is 6.21. The number of fused-ring (bicyclic) bond motifs is 1. The van der Waals surface area contributed by atoms with Gasteiger partial charge in [0.15, 0.2) is 0 Å². The van der Waals surface area contributed by atoms with Gasteiger partial charge >= 0.3 is 0 Å². The van der Waals surface area contributed by atoms with Gasteiger partial charge in [0.05, 0.1) is 17.1 Å². The first-order valence-corrected chi connectivity index (χ1v) is 10.5. The molecule has 4 rings (SSSR count). The van der Waals surface area contributed by atoms with Gasteiger partial charge in [-0.1, -0.05) is 0 Å². The number of amides is 1. The van der Waals surface area contributed by atoms with Crippen LogP contribution in [0.3, 0.4) is 0 Å². The van der Waals surface area contributed by atoms with Crippen LogP contribution in [0.15, 0.2) is 35.4 Å². The quantitative estimate of drug-likeness (QED) is 0.804. The maximum Gasteiger partial charge on any atom is 0.240 e. The average Bonchev–Trinajstić information content (AvgIpc) is 3.21. The largest absolute Gasteiger partial charge is 0.341 e. The van der Waals surface area contributed by atoms with Crippen LogP contribution < -0.4 is 14.9 Å².